The number of anilines is 1. The standard InChI is InChI=1S/C14H17FN2O4/c1-9(13(18)17-4-6-20-7-5-17)21-14(19)11-8-10(15)2-3-12(11)16/h2-3,8-9H,4-7,16H2,1H3. The average Bonchev–Trinajstić information content (AvgIpc) is 2.49. The summed E-state index contributed by atoms with van der Waals surface area (Å²) < 4.78 is 23.4. The molecule has 0 aromatic heterocycles. The highest BCUT2D eigenvalue weighted by molar-refractivity contribution is 5.96. The molecule has 0 saturated carbocycles. The summed E-state index contributed by atoms with van der Waals surface area (Å²) in [5.74, 6) is -1.72. The Hall–Kier alpha value is -2.15. The first-order valence-corrected chi connectivity index (χ1v) is 6.61. The average molecular weight is 296 g/mol. The molecule has 1 aromatic rings. The molecule has 21 heavy (non-hydrogen) atoms. The number of carbonyl (C=O) groups excluding carboxylic acids is 2. The Morgan fingerprint density at radius 2 is 2.05 bits per heavy atom. The highest BCUT2D eigenvalue weighted by atomic mass is 19.1. The van der Waals surface area contributed by atoms with Crippen molar-refractivity contribution in [2.24, 2.45) is 0 Å². The third-order valence-corrected chi connectivity index (χ3v) is 3.19. The number of amides is 1. The molecule has 0 radical (unpaired) electrons. The number of rotatable bonds is 3. The van der Waals surface area contributed by atoms with Gasteiger partial charge in [-0.2, -0.15) is 0 Å². The number of hydrogen-bond acceptors (Lipinski definition) is 5. The molecule has 1 aliphatic rings. The van der Waals surface area contributed by atoms with E-state index < -0.39 is 17.9 Å². The van der Waals surface area contributed by atoms with Gasteiger partial charge in [-0.3, -0.25) is 4.79 Å². The third-order valence-electron chi connectivity index (χ3n) is 3.19. The summed E-state index contributed by atoms with van der Waals surface area (Å²) in [6, 6.07) is 3.42. The summed E-state index contributed by atoms with van der Waals surface area (Å²) in [4.78, 5) is 25.6. The second-order valence-corrected chi connectivity index (χ2v) is 4.72. The zero-order valence-corrected chi connectivity index (χ0v) is 11.7. The van der Waals surface area contributed by atoms with Crippen LogP contribution in [0, 0.1) is 5.82 Å². The number of morpholine rings is 1. The molecule has 1 fully saturated rings. The fraction of sp³-hybridized carbons (Fsp3) is 0.429. The van der Waals surface area contributed by atoms with E-state index >= 15 is 0 Å². The van der Waals surface area contributed by atoms with E-state index in [2.05, 4.69) is 0 Å². The molecule has 0 bridgehead atoms. The minimum absolute atomic E-state index is 0.0865. The Kier molecular flexibility index (Phi) is 4.74. The lowest BCUT2D eigenvalue weighted by atomic mass is 10.2. The molecule has 2 N–H and O–H groups in total. The first kappa shape index (κ1) is 15.2. The first-order chi connectivity index (χ1) is 9.99. The van der Waals surface area contributed by atoms with Gasteiger partial charge in [-0.05, 0) is 25.1 Å². The fourth-order valence-electron chi connectivity index (χ4n) is 2.02. The van der Waals surface area contributed by atoms with Gasteiger partial charge in [-0.25, -0.2) is 9.18 Å². The highest BCUT2D eigenvalue weighted by Gasteiger charge is 2.26. The Morgan fingerprint density at radius 1 is 1.38 bits per heavy atom. The van der Waals surface area contributed by atoms with E-state index in [9.17, 15) is 14.0 Å². The lowest BCUT2D eigenvalue weighted by Gasteiger charge is -2.29. The molecule has 2 rings (SSSR count). The van der Waals surface area contributed by atoms with E-state index in [4.69, 9.17) is 15.2 Å². The lowest BCUT2D eigenvalue weighted by Crippen LogP contribution is -2.46. The number of carbonyl (C=O) groups is 2. The summed E-state index contributed by atoms with van der Waals surface area (Å²) >= 11 is 0. The third kappa shape index (κ3) is 3.69. The quantitative estimate of drug-likeness (QED) is 0.659. The van der Waals surface area contributed by atoms with Gasteiger partial charge >= 0.3 is 5.97 Å². The molecule has 1 saturated heterocycles. The van der Waals surface area contributed by atoms with Crippen molar-refractivity contribution in [2.75, 3.05) is 32.0 Å². The van der Waals surface area contributed by atoms with Gasteiger partial charge in [0.2, 0.25) is 0 Å². The second-order valence-electron chi connectivity index (χ2n) is 4.72. The van der Waals surface area contributed by atoms with Gasteiger partial charge in [-0.1, -0.05) is 0 Å². The summed E-state index contributed by atoms with van der Waals surface area (Å²) in [5.41, 5.74) is 5.62. The molecule has 1 amide bonds. The Labute approximate surface area is 121 Å². The van der Waals surface area contributed by atoms with E-state index in [0.717, 1.165) is 12.1 Å². The molecule has 6 nitrogen and oxygen atoms in total. The zero-order valence-electron chi connectivity index (χ0n) is 11.7. The van der Waals surface area contributed by atoms with Crippen molar-refractivity contribution in [3.63, 3.8) is 0 Å². The molecule has 7 heteroatoms. The molecular formula is C14H17FN2O4. The van der Waals surface area contributed by atoms with Crippen LogP contribution in [-0.2, 0) is 14.3 Å². The van der Waals surface area contributed by atoms with Gasteiger partial charge in [0.05, 0.1) is 18.8 Å². The molecule has 1 atom stereocenters. The lowest BCUT2D eigenvalue weighted by molar-refractivity contribution is -0.143. The topological polar surface area (TPSA) is 81.9 Å². The van der Waals surface area contributed by atoms with Crippen LogP contribution in [0.15, 0.2) is 18.2 Å². The molecule has 1 heterocycles. The summed E-state index contributed by atoms with van der Waals surface area (Å²) in [6.07, 6.45) is -0.960. The largest absolute Gasteiger partial charge is 0.449 e. The molecule has 1 aliphatic heterocycles. The number of ether oxygens (including phenoxy) is 2. The van der Waals surface area contributed by atoms with Crippen molar-refractivity contribution in [3.05, 3.63) is 29.6 Å². The Morgan fingerprint density at radius 3 is 2.71 bits per heavy atom. The van der Waals surface area contributed by atoms with E-state index in [-0.39, 0.29) is 17.2 Å². The van der Waals surface area contributed by atoms with Gasteiger partial charge in [0.1, 0.15) is 5.82 Å². The summed E-state index contributed by atoms with van der Waals surface area (Å²) in [5, 5.41) is 0. The maximum atomic E-state index is 13.1. The fourth-order valence-corrected chi connectivity index (χ4v) is 2.02. The monoisotopic (exact) mass is 296 g/mol. The SMILES string of the molecule is CC(OC(=O)c1cc(F)ccc1N)C(=O)N1CCOCC1. The van der Waals surface area contributed by atoms with Crippen molar-refractivity contribution in [1.29, 1.82) is 0 Å². The van der Waals surface area contributed by atoms with Crippen molar-refractivity contribution in [1.82, 2.24) is 4.90 Å². The predicted octanol–water partition coefficient (Wildman–Crippen LogP) is 0.812. The van der Waals surface area contributed by atoms with Crippen LogP contribution in [-0.4, -0.2) is 49.2 Å². The second kappa shape index (κ2) is 6.53. The minimum Gasteiger partial charge on any atom is -0.449 e. The molecule has 0 aliphatic carbocycles. The number of esters is 1. The Bertz CT molecular complexity index is 544. The van der Waals surface area contributed by atoms with Crippen LogP contribution in [0.4, 0.5) is 10.1 Å². The number of hydrogen-bond donors (Lipinski definition) is 1. The number of benzene rings is 1. The van der Waals surface area contributed by atoms with Crippen molar-refractivity contribution >= 4 is 17.6 Å². The highest BCUT2D eigenvalue weighted by Crippen LogP contribution is 2.16. The van der Waals surface area contributed by atoms with Crippen molar-refractivity contribution in [2.45, 2.75) is 13.0 Å². The van der Waals surface area contributed by atoms with Crippen LogP contribution in [0.1, 0.15) is 17.3 Å². The van der Waals surface area contributed by atoms with Crippen LogP contribution in [0.2, 0.25) is 0 Å². The van der Waals surface area contributed by atoms with E-state index in [1.54, 1.807) is 4.90 Å². The van der Waals surface area contributed by atoms with Gasteiger partial charge in [0, 0.05) is 18.8 Å². The van der Waals surface area contributed by atoms with Crippen molar-refractivity contribution < 1.29 is 23.5 Å². The van der Waals surface area contributed by atoms with E-state index in [0.29, 0.717) is 26.3 Å². The number of halogens is 1. The molecule has 0 spiro atoms. The summed E-state index contributed by atoms with van der Waals surface area (Å²) in [6.45, 7) is 3.32. The first-order valence-electron chi connectivity index (χ1n) is 6.61. The zero-order chi connectivity index (χ0) is 15.4. The maximum Gasteiger partial charge on any atom is 0.341 e. The number of nitrogens with two attached hydrogens (primary N) is 1. The van der Waals surface area contributed by atoms with E-state index in [1.807, 2.05) is 0 Å². The smallest absolute Gasteiger partial charge is 0.341 e. The normalized spacial score (nSPS) is 16.4. The molecular weight excluding hydrogens is 279 g/mol. The van der Waals surface area contributed by atoms with Crippen molar-refractivity contribution in [3.8, 4) is 0 Å². The Balaban J connectivity index is 2.01. The molecule has 1 aromatic carbocycles. The van der Waals surface area contributed by atoms with Crippen LogP contribution < -0.4 is 5.73 Å². The van der Waals surface area contributed by atoms with Gasteiger partial charge < -0.3 is 20.1 Å². The van der Waals surface area contributed by atoms with Gasteiger partial charge in [-0.15, -0.1) is 0 Å². The summed E-state index contributed by atoms with van der Waals surface area (Å²) in [7, 11) is 0. The molecule has 114 valence electrons. The van der Waals surface area contributed by atoms with Crippen LogP contribution in [0.5, 0.6) is 0 Å². The molecule has 1 unspecified atom stereocenters. The van der Waals surface area contributed by atoms with Gasteiger partial charge in [0.25, 0.3) is 5.91 Å². The number of nitrogen functional groups attached to an aromatic ring is 1. The number of nitrogens with zero attached hydrogens (tertiary/aromatic N) is 1. The minimum atomic E-state index is -0.960. The van der Waals surface area contributed by atoms with E-state index in [1.165, 1.54) is 13.0 Å². The van der Waals surface area contributed by atoms with Gasteiger partial charge in [0.15, 0.2) is 6.10 Å². The van der Waals surface area contributed by atoms with Crippen LogP contribution in [0.3, 0.4) is 0 Å². The maximum absolute atomic E-state index is 13.1. The van der Waals surface area contributed by atoms with Crippen LogP contribution in [0.25, 0.3) is 0 Å². The predicted molar refractivity (Wildman–Crippen MR) is 73.1 cm³/mol. The van der Waals surface area contributed by atoms with Crippen LogP contribution >= 0.6 is 0 Å².